The highest BCUT2D eigenvalue weighted by Gasteiger charge is 2.24. The largest absolute Gasteiger partial charge is 0.481 e. The normalized spacial score (nSPS) is 12.7. The molecule has 0 heterocycles. The second-order valence-electron chi connectivity index (χ2n) is 12.8. The predicted octanol–water partition coefficient (Wildman–Crippen LogP) is 8.93. The number of likely N-dealkylation sites (N-methyl/N-ethyl adjacent to an activating group) is 1. The molecule has 0 saturated heterocycles. The smallest absolute Gasteiger partial charge is 0.307 e. The number of carbonyl (C=O) groups is 2. The topological polar surface area (TPSA) is 63.6 Å². The van der Waals surface area contributed by atoms with Crippen LogP contribution in [0.1, 0.15) is 155 Å². The van der Waals surface area contributed by atoms with Gasteiger partial charge in [-0.1, -0.05) is 136 Å². The molecule has 1 unspecified atom stereocenters. The van der Waals surface area contributed by atoms with Crippen molar-refractivity contribution in [1.29, 1.82) is 0 Å². The Kier molecular flexibility index (Phi) is 23.3. The van der Waals surface area contributed by atoms with Gasteiger partial charge in [-0.3, -0.25) is 9.59 Å². The van der Waals surface area contributed by atoms with E-state index in [0.717, 1.165) is 18.8 Å². The van der Waals surface area contributed by atoms with Gasteiger partial charge in [0.05, 0.1) is 27.6 Å². The number of carbonyl (C=O) groups excluding carboxylic acids is 1. The third-order valence-electron chi connectivity index (χ3n) is 7.11. The highest BCUT2D eigenvalue weighted by molar-refractivity contribution is 5.71. The lowest BCUT2D eigenvalue weighted by Crippen LogP contribution is -2.43. The minimum Gasteiger partial charge on any atom is -0.481 e. The fourth-order valence-electron chi connectivity index (χ4n) is 5.02. The number of nitrogens with zero attached hydrogens (tertiary/aromatic N) is 1. The Labute approximate surface area is 230 Å². The lowest BCUT2D eigenvalue weighted by molar-refractivity contribution is -0.873. The maximum atomic E-state index is 12.1. The van der Waals surface area contributed by atoms with Crippen molar-refractivity contribution in [3.8, 4) is 0 Å². The molecule has 0 amide bonds. The molecule has 0 radical (unpaired) electrons. The summed E-state index contributed by atoms with van der Waals surface area (Å²) in [5, 5.41) is 9.06. The van der Waals surface area contributed by atoms with Gasteiger partial charge in [-0.2, -0.15) is 0 Å². The molecule has 1 N–H and O–H groups in total. The van der Waals surface area contributed by atoms with Gasteiger partial charge in [0.25, 0.3) is 0 Å². The van der Waals surface area contributed by atoms with Crippen LogP contribution in [-0.4, -0.2) is 55.3 Å². The fourth-order valence-corrected chi connectivity index (χ4v) is 5.02. The summed E-state index contributed by atoms with van der Waals surface area (Å²) in [6.45, 7) is 5.16. The fraction of sp³-hybridized carbons (Fsp3) is 0.938. The van der Waals surface area contributed by atoms with Crippen molar-refractivity contribution in [2.75, 3.05) is 27.7 Å². The molecule has 220 valence electrons. The first-order valence-corrected chi connectivity index (χ1v) is 15.8. The first-order valence-electron chi connectivity index (χ1n) is 15.8. The number of esters is 1. The van der Waals surface area contributed by atoms with E-state index in [1.54, 1.807) is 0 Å². The van der Waals surface area contributed by atoms with Crippen LogP contribution in [-0.2, 0) is 14.3 Å². The molecule has 0 fully saturated rings. The summed E-state index contributed by atoms with van der Waals surface area (Å²) in [5.74, 6) is -0.310. The summed E-state index contributed by atoms with van der Waals surface area (Å²) < 4.78 is 6.02. The van der Waals surface area contributed by atoms with Crippen LogP contribution in [0.15, 0.2) is 0 Å². The van der Waals surface area contributed by atoms with Crippen LogP contribution in [0, 0.1) is 5.92 Å². The van der Waals surface area contributed by atoms with Crippen molar-refractivity contribution in [2.45, 2.75) is 161 Å². The van der Waals surface area contributed by atoms with E-state index in [2.05, 4.69) is 13.8 Å². The molecule has 0 saturated carbocycles. The third-order valence-corrected chi connectivity index (χ3v) is 7.11. The van der Waals surface area contributed by atoms with Gasteiger partial charge in [-0.15, -0.1) is 0 Å². The summed E-state index contributed by atoms with van der Waals surface area (Å²) in [7, 11) is 5.92. The number of rotatable bonds is 27. The standard InChI is InChI=1S/C32H63NO4/c1-29(2)25-23-21-19-17-15-13-11-9-7-6-8-10-12-14-16-18-20-22-24-26-32(36)37-30(27-31(34)35)28-33(3,4)5/h29-30H,6-28H2,1-5H3/p+1. The van der Waals surface area contributed by atoms with E-state index in [9.17, 15) is 9.59 Å². The van der Waals surface area contributed by atoms with Crippen LogP contribution < -0.4 is 0 Å². The van der Waals surface area contributed by atoms with Crippen molar-refractivity contribution in [1.82, 2.24) is 0 Å². The van der Waals surface area contributed by atoms with E-state index >= 15 is 0 Å². The van der Waals surface area contributed by atoms with Crippen molar-refractivity contribution < 1.29 is 23.9 Å². The molecule has 0 aliphatic heterocycles. The first-order chi connectivity index (χ1) is 17.6. The monoisotopic (exact) mass is 526 g/mol. The highest BCUT2D eigenvalue weighted by atomic mass is 16.5. The van der Waals surface area contributed by atoms with Crippen LogP contribution in [0.25, 0.3) is 0 Å². The molecule has 0 spiro atoms. The molecule has 5 heteroatoms. The van der Waals surface area contributed by atoms with E-state index in [1.807, 2.05) is 21.1 Å². The van der Waals surface area contributed by atoms with Crippen LogP contribution in [0.5, 0.6) is 0 Å². The van der Waals surface area contributed by atoms with Gasteiger partial charge < -0.3 is 14.3 Å². The summed E-state index contributed by atoms with van der Waals surface area (Å²) in [5.41, 5.74) is 0. The van der Waals surface area contributed by atoms with E-state index in [-0.39, 0.29) is 12.4 Å². The van der Waals surface area contributed by atoms with Gasteiger partial charge in [-0.25, -0.2) is 0 Å². The van der Waals surface area contributed by atoms with Gasteiger partial charge in [0.15, 0.2) is 6.10 Å². The first kappa shape index (κ1) is 35.9. The number of carboxylic acids is 1. The molecule has 0 rings (SSSR count). The Bertz CT molecular complexity index is 541. The highest BCUT2D eigenvalue weighted by Crippen LogP contribution is 2.16. The van der Waals surface area contributed by atoms with Crippen molar-refractivity contribution in [3.63, 3.8) is 0 Å². The Balaban J connectivity index is 3.40. The molecular formula is C32H64NO4+. The molecule has 0 aromatic heterocycles. The maximum Gasteiger partial charge on any atom is 0.307 e. The Morgan fingerprint density at radius 3 is 1.30 bits per heavy atom. The zero-order chi connectivity index (χ0) is 27.8. The number of hydrogen-bond donors (Lipinski definition) is 1. The number of carboxylic acid groups (broad SMARTS) is 1. The quantitative estimate of drug-likeness (QED) is 0.0659. The van der Waals surface area contributed by atoms with Gasteiger partial charge in [0.1, 0.15) is 6.54 Å². The maximum absolute atomic E-state index is 12.1. The number of ether oxygens (including phenoxy) is 1. The number of unbranched alkanes of at least 4 members (excludes halogenated alkanes) is 18. The van der Waals surface area contributed by atoms with Crippen molar-refractivity contribution >= 4 is 11.9 Å². The van der Waals surface area contributed by atoms with E-state index < -0.39 is 12.1 Å². The van der Waals surface area contributed by atoms with Gasteiger partial charge in [-0.05, 0) is 12.3 Å². The number of aliphatic carboxylic acids is 1. The average Bonchev–Trinajstić information content (AvgIpc) is 2.78. The number of quaternary nitrogens is 1. The molecule has 1 atom stereocenters. The molecule has 0 bridgehead atoms. The minimum atomic E-state index is -0.921. The molecule has 37 heavy (non-hydrogen) atoms. The predicted molar refractivity (Wildman–Crippen MR) is 157 cm³/mol. The van der Waals surface area contributed by atoms with Gasteiger partial charge >= 0.3 is 11.9 Å². The zero-order valence-electron chi connectivity index (χ0n) is 25.5. The molecule has 0 aromatic rings. The second kappa shape index (κ2) is 24.0. The Hall–Kier alpha value is -1.10. The van der Waals surface area contributed by atoms with Crippen LogP contribution in [0.4, 0.5) is 0 Å². The number of hydrogen-bond acceptors (Lipinski definition) is 3. The second-order valence-corrected chi connectivity index (χ2v) is 12.8. The third kappa shape index (κ3) is 29.3. The summed E-state index contributed by atoms with van der Waals surface area (Å²) >= 11 is 0. The molecule has 5 nitrogen and oxygen atoms in total. The SMILES string of the molecule is CC(C)CCCCCCCCCCCCCCCCCCCCCC(=O)OC(CC(=O)O)C[N+](C)(C)C. The Morgan fingerprint density at radius 2 is 0.973 bits per heavy atom. The van der Waals surface area contributed by atoms with E-state index in [1.165, 1.54) is 116 Å². The van der Waals surface area contributed by atoms with Crippen LogP contribution >= 0.6 is 0 Å². The van der Waals surface area contributed by atoms with Crippen LogP contribution in [0.3, 0.4) is 0 Å². The Morgan fingerprint density at radius 1 is 0.622 bits per heavy atom. The molecule has 0 aliphatic carbocycles. The van der Waals surface area contributed by atoms with Gasteiger partial charge in [0, 0.05) is 6.42 Å². The average molecular weight is 527 g/mol. The lowest BCUT2D eigenvalue weighted by atomic mass is 10.0. The lowest BCUT2D eigenvalue weighted by Gasteiger charge is -2.28. The summed E-state index contributed by atoms with van der Waals surface area (Å²) in [6, 6.07) is 0. The van der Waals surface area contributed by atoms with E-state index in [4.69, 9.17) is 9.84 Å². The minimum absolute atomic E-state index is 0.125. The van der Waals surface area contributed by atoms with E-state index in [0.29, 0.717) is 17.4 Å². The van der Waals surface area contributed by atoms with Crippen LogP contribution in [0.2, 0.25) is 0 Å². The molecular weight excluding hydrogens is 462 g/mol. The molecule has 0 aliphatic rings. The summed E-state index contributed by atoms with van der Waals surface area (Å²) in [4.78, 5) is 23.1. The summed E-state index contributed by atoms with van der Waals surface area (Å²) in [6.07, 6.45) is 26.5. The zero-order valence-corrected chi connectivity index (χ0v) is 25.5. The van der Waals surface area contributed by atoms with Crippen molar-refractivity contribution in [3.05, 3.63) is 0 Å². The van der Waals surface area contributed by atoms with Gasteiger partial charge in [0.2, 0.25) is 0 Å². The molecule has 0 aromatic carbocycles. The van der Waals surface area contributed by atoms with Crippen molar-refractivity contribution in [2.24, 2.45) is 5.92 Å².